The predicted octanol–water partition coefficient (Wildman–Crippen LogP) is 7.31. The number of rotatable bonds is 3. The van der Waals surface area contributed by atoms with E-state index in [2.05, 4.69) is 44.0 Å². The SMILES string of the molecule is CC.CC.CCCCC.Cc1cccnc1-c1ccccc1. The van der Waals surface area contributed by atoms with Crippen molar-refractivity contribution in [1.82, 2.24) is 4.98 Å². The molecule has 0 saturated carbocycles. The van der Waals surface area contributed by atoms with Crippen molar-refractivity contribution >= 4 is 0 Å². The van der Waals surface area contributed by atoms with Crippen LogP contribution < -0.4 is 0 Å². The van der Waals surface area contributed by atoms with Gasteiger partial charge < -0.3 is 0 Å². The third-order valence-electron chi connectivity index (χ3n) is 2.76. The molecular weight excluding hydrogens is 266 g/mol. The molecule has 0 N–H and O–H groups in total. The van der Waals surface area contributed by atoms with Crippen LogP contribution in [-0.4, -0.2) is 4.98 Å². The molecule has 0 atom stereocenters. The zero-order chi connectivity index (χ0) is 17.2. The minimum Gasteiger partial charge on any atom is -0.256 e. The van der Waals surface area contributed by atoms with Gasteiger partial charge in [0.15, 0.2) is 0 Å². The van der Waals surface area contributed by atoms with Crippen LogP contribution in [-0.2, 0) is 0 Å². The van der Waals surface area contributed by atoms with Gasteiger partial charge >= 0.3 is 0 Å². The summed E-state index contributed by atoms with van der Waals surface area (Å²) in [5, 5.41) is 0. The maximum atomic E-state index is 4.35. The first-order chi connectivity index (χ1) is 10.8. The van der Waals surface area contributed by atoms with E-state index < -0.39 is 0 Å². The Bertz CT molecular complexity index is 433. The molecule has 0 bridgehead atoms. The maximum Gasteiger partial charge on any atom is 0.0731 e. The molecule has 1 heteroatoms. The van der Waals surface area contributed by atoms with Crippen molar-refractivity contribution in [2.24, 2.45) is 0 Å². The highest BCUT2D eigenvalue weighted by atomic mass is 14.7. The quantitative estimate of drug-likeness (QED) is 0.579. The molecule has 2 rings (SSSR count). The van der Waals surface area contributed by atoms with Gasteiger partial charge in [-0.3, -0.25) is 4.98 Å². The van der Waals surface area contributed by atoms with E-state index in [1.54, 1.807) is 0 Å². The maximum absolute atomic E-state index is 4.35. The number of aryl methyl sites for hydroxylation is 1. The van der Waals surface area contributed by atoms with E-state index in [1.807, 2.05) is 58.2 Å². The second kappa shape index (κ2) is 17.4. The van der Waals surface area contributed by atoms with Crippen LogP contribution in [0.15, 0.2) is 48.7 Å². The molecule has 0 radical (unpaired) electrons. The molecule has 1 aromatic heterocycles. The van der Waals surface area contributed by atoms with Crippen LogP contribution >= 0.6 is 0 Å². The highest BCUT2D eigenvalue weighted by Crippen LogP contribution is 2.19. The smallest absolute Gasteiger partial charge is 0.0731 e. The van der Waals surface area contributed by atoms with Crippen LogP contribution in [0, 0.1) is 6.92 Å². The molecule has 124 valence electrons. The van der Waals surface area contributed by atoms with Gasteiger partial charge in [0.1, 0.15) is 0 Å². The molecule has 1 heterocycles. The van der Waals surface area contributed by atoms with Gasteiger partial charge in [-0.1, -0.05) is 97.2 Å². The summed E-state index contributed by atoms with van der Waals surface area (Å²) >= 11 is 0. The van der Waals surface area contributed by atoms with Crippen molar-refractivity contribution < 1.29 is 0 Å². The molecule has 0 fully saturated rings. The monoisotopic (exact) mass is 301 g/mol. The molecular formula is C21H35N. The lowest BCUT2D eigenvalue weighted by Crippen LogP contribution is -1.85. The second-order valence-electron chi connectivity index (χ2n) is 4.39. The number of unbranched alkanes of at least 4 members (excludes halogenated alkanes) is 2. The van der Waals surface area contributed by atoms with Crippen molar-refractivity contribution in [3.8, 4) is 11.3 Å². The Hall–Kier alpha value is -1.63. The summed E-state index contributed by atoms with van der Waals surface area (Å²) in [5.41, 5.74) is 3.47. The van der Waals surface area contributed by atoms with Crippen molar-refractivity contribution in [1.29, 1.82) is 0 Å². The fraction of sp³-hybridized carbons (Fsp3) is 0.476. The van der Waals surface area contributed by atoms with E-state index in [0.29, 0.717) is 0 Å². The Kier molecular flexibility index (Phi) is 17.9. The Morgan fingerprint density at radius 2 is 1.32 bits per heavy atom. The summed E-state index contributed by atoms with van der Waals surface area (Å²) in [7, 11) is 0. The molecule has 0 aliphatic rings. The summed E-state index contributed by atoms with van der Waals surface area (Å²) in [6.45, 7) is 14.5. The molecule has 2 aromatic rings. The highest BCUT2D eigenvalue weighted by Gasteiger charge is 1.99. The van der Waals surface area contributed by atoms with E-state index in [1.165, 1.54) is 30.4 Å². The van der Waals surface area contributed by atoms with Crippen molar-refractivity contribution in [2.45, 2.75) is 67.7 Å². The van der Waals surface area contributed by atoms with Gasteiger partial charge in [0.05, 0.1) is 5.69 Å². The summed E-state index contributed by atoms with van der Waals surface area (Å²) in [5.74, 6) is 0. The molecule has 0 saturated heterocycles. The third-order valence-corrected chi connectivity index (χ3v) is 2.76. The zero-order valence-corrected chi connectivity index (χ0v) is 15.7. The molecule has 0 amide bonds. The average Bonchev–Trinajstić information content (AvgIpc) is 2.61. The fourth-order valence-electron chi connectivity index (χ4n) is 1.74. The lowest BCUT2D eigenvalue weighted by Gasteiger charge is -2.02. The lowest BCUT2D eigenvalue weighted by atomic mass is 10.1. The van der Waals surface area contributed by atoms with Crippen LogP contribution in [0.1, 0.15) is 66.4 Å². The number of pyridine rings is 1. The number of hydrogen-bond donors (Lipinski definition) is 0. The van der Waals surface area contributed by atoms with E-state index in [0.717, 1.165) is 5.69 Å². The Morgan fingerprint density at radius 1 is 0.773 bits per heavy atom. The zero-order valence-electron chi connectivity index (χ0n) is 15.7. The summed E-state index contributed by atoms with van der Waals surface area (Å²) in [6.07, 6.45) is 5.91. The Labute approximate surface area is 138 Å². The highest BCUT2D eigenvalue weighted by molar-refractivity contribution is 5.62. The molecule has 0 aliphatic carbocycles. The van der Waals surface area contributed by atoms with Gasteiger partial charge in [-0.05, 0) is 18.6 Å². The van der Waals surface area contributed by atoms with Gasteiger partial charge in [0.2, 0.25) is 0 Å². The summed E-state index contributed by atoms with van der Waals surface area (Å²) in [6, 6.07) is 14.3. The summed E-state index contributed by atoms with van der Waals surface area (Å²) < 4.78 is 0. The first-order valence-corrected chi connectivity index (χ1v) is 8.76. The molecule has 1 aromatic carbocycles. The van der Waals surface area contributed by atoms with Crippen LogP contribution in [0.4, 0.5) is 0 Å². The Morgan fingerprint density at radius 3 is 1.73 bits per heavy atom. The van der Waals surface area contributed by atoms with Gasteiger partial charge in [0.25, 0.3) is 0 Å². The van der Waals surface area contributed by atoms with Gasteiger partial charge in [0, 0.05) is 11.8 Å². The van der Waals surface area contributed by atoms with E-state index in [4.69, 9.17) is 0 Å². The third kappa shape index (κ3) is 10.1. The topological polar surface area (TPSA) is 12.9 Å². The van der Waals surface area contributed by atoms with Crippen molar-refractivity contribution in [3.05, 3.63) is 54.2 Å². The predicted molar refractivity (Wildman–Crippen MR) is 102 cm³/mol. The second-order valence-corrected chi connectivity index (χ2v) is 4.39. The molecule has 0 aliphatic heterocycles. The van der Waals surface area contributed by atoms with Crippen molar-refractivity contribution in [3.63, 3.8) is 0 Å². The number of hydrogen-bond acceptors (Lipinski definition) is 1. The van der Waals surface area contributed by atoms with Crippen LogP contribution in [0.2, 0.25) is 0 Å². The normalized spacial score (nSPS) is 8.32. The number of nitrogens with zero attached hydrogens (tertiary/aromatic N) is 1. The first-order valence-electron chi connectivity index (χ1n) is 8.76. The van der Waals surface area contributed by atoms with Crippen LogP contribution in [0.5, 0.6) is 0 Å². The minimum absolute atomic E-state index is 1.07. The first kappa shape index (κ1) is 22.6. The van der Waals surface area contributed by atoms with Crippen molar-refractivity contribution in [2.75, 3.05) is 0 Å². The molecule has 1 nitrogen and oxygen atoms in total. The van der Waals surface area contributed by atoms with Crippen LogP contribution in [0.25, 0.3) is 11.3 Å². The van der Waals surface area contributed by atoms with E-state index in [9.17, 15) is 0 Å². The number of aromatic nitrogens is 1. The van der Waals surface area contributed by atoms with Gasteiger partial charge in [-0.2, -0.15) is 0 Å². The summed E-state index contributed by atoms with van der Waals surface area (Å²) in [4.78, 5) is 4.35. The molecule has 0 unspecified atom stereocenters. The van der Waals surface area contributed by atoms with Gasteiger partial charge in [-0.15, -0.1) is 0 Å². The van der Waals surface area contributed by atoms with E-state index in [-0.39, 0.29) is 0 Å². The molecule has 0 spiro atoms. The lowest BCUT2D eigenvalue weighted by molar-refractivity contribution is 0.772. The van der Waals surface area contributed by atoms with E-state index >= 15 is 0 Å². The Balaban J connectivity index is 0. The number of benzene rings is 1. The largest absolute Gasteiger partial charge is 0.256 e. The minimum atomic E-state index is 1.07. The molecule has 22 heavy (non-hydrogen) atoms. The van der Waals surface area contributed by atoms with Crippen LogP contribution in [0.3, 0.4) is 0 Å². The average molecular weight is 302 g/mol. The fourth-order valence-corrected chi connectivity index (χ4v) is 1.74. The standard InChI is InChI=1S/C12H11N.C5H12.2C2H6/c1-10-6-5-9-13-12(10)11-7-3-2-4-8-11;1-3-5-4-2;2*1-2/h2-9H,1H3;3-5H2,1-2H3;2*1-2H3. The van der Waals surface area contributed by atoms with Gasteiger partial charge in [-0.25, -0.2) is 0 Å².